The van der Waals surface area contributed by atoms with Gasteiger partial charge >= 0.3 is 5.97 Å². The number of nitrogens with one attached hydrogen (secondary N) is 2. The molecule has 134 valence electrons. The first-order valence-electron chi connectivity index (χ1n) is 8.20. The van der Waals surface area contributed by atoms with E-state index in [2.05, 4.69) is 10.3 Å². The SMILES string of the molecule is CCOc1ccc(C(C)NC(=O)c2[nH]c(C)c(C(=O)OC)c2C)cc1. The van der Waals surface area contributed by atoms with E-state index in [1.165, 1.54) is 7.11 Å². The number of carbonyl (C=O) groups excluding carboxylic acids is 2. The Labute approximate surface area is 147 Å². The lowest BCUT2D eigenvalue weighted by molar-refractivity contribution is 0.0599. The van der Waals surface area contributed by atoms with Crippen molar-refractivity contribution < 1.29 is 19.1 Å². The molecule has 0 radical (unpaired) electrons. The molecule has 1 aromatic heterocycles. The number of aryl methyl sites for hydroxylation is 1. The van der Waals surface area contributed by atoms with Gasteiger partial charge in [-0.2, -0.15) is 0 Å². The first kappa shape index (κ1) is 18.6. The highest BCUT2D eigenvalue weighted by molar-refractivity contribution is 6.00. The molecule has 1 aromatic carbocycles. The zero-order valence-corrected chi connectivity index (χ0v) is 15.2. The van der Waals surface area contributed by atoms with Crippen molar-refractivity contribution in [2.24, 2.45) is 0 Å². The van der Waals surface area contributed by atoms with E-state index >= 15 is 0 Å². The lowest BCUT2D eigenvalue weighted by Crippen LogP contribution is -2.27. The summed E-state index contributed by atoms with van der Waals surface area (Å²) in [6.07, 6.45) is 0. The number of amides is 1. The van der Waals surface area contributed by atoms with Crippen molar-refractivity contribution in [3.05, 3.63) is 52.3 Å². The molecule has 1 amide bonds. The Kier molecular flexibility index (Phi) is 5.85. The minimum absolute atomic E-state index is 0.187. The fourth-order valence-electron chi connectivity index (χ4n) is 2.76. The van der Waals surface area contributed by atoms with E-state index in [0.717, 1.165) is 11.3 Å². The van der Waals surface area contributed by atoms with Crippen LogP contribution in [-0.4, -0.2) is 30.6 Å². The average molecular weight is 344 g/mol. The van der Waals surface area contributed by atoms with Gasteiger partial charge in [0.2, 0.25) is 0 Å². The van der Waals surface area contributed by atoms with E-state index in [-0.39, 0.29) is 11.9 Å². The third-order valence-corrected chi connectivity index (χ3v) is 4.09. The Morgan fingerprint density at radius 3 is 2.40 bits per heavy atom. The highest BCUT2D eigenvalue weighted by Crippen LogP contribution is 2.21. The molecule has 1 unspecified atom stereocenters. The van der Waals surface area contributed by atoms with Crippen LogP contribution in [0, 0.1) is 13.8 Å². The summed E-state index contributed by atoms with van der Waals surface area (Å²) < 4.78 is 10.2. The normalized spacial score (nSPS) is 11.7. The minimum atomic E-state index is -0.454. The van der Waals surface area contributed by atoms with E-state index in [9.17, 15) is 9.59 Å². The maximum Gasteiger partial charge on any atom is 0.339 e. The van der Waals surface area contributed by atoms with E-state index in [1.54, 1.807) is 13.8 Å². The van der Waals surface area contributed by atoms with E-state index < -0.39 is 5.97 Å². The molecule has 0 spiro atoms. The third-order valence-electron chi connectivity index (χ3n) is 4.09. The lowest BCUT2D eigenvalue weighted by Gasteiger charge is -2.15. The molecule has 0 bridgehead atoms. The molecule has 0 aliphatic heterocycles. The molecule has 1 atom stereocenters. The Bertz CT molecular complexity index is 762. The summed E-state index contributed by atoms with van der Waals surface area (Å²) in [5.74, 6) is 0.0744. The van der Waals surface area contributed by atoms with Gasteiger partial charge < -0.3 is 19.8 Å². The zero-order chi connectivity index (χ0) is 18.6. The molecule has 0 fully saturated rings. The highest BCUT2D eigenvalue weighted by Gasteiger charge is 2.23. The molecule has 2 N–H and O–H groups in total. The molecule has 25 heavy (non-hydrogen) atoms. The molecular formula is C19H24N2O4. The van der Waals surface area contributed by atoms with Crippen molar-refractivity contribution in [1.82, 2.24) is 10.3 Å². The molecule has 0 saturated heterocycles. The average Bonchev–Trinajstić information content (AvgIpc) is 2.89. The topological polar surface area (TPSA) is 80.4 Å². The fourth-order valence-corrected chi connectivity index (χ4v) is 2.76. The van der Waals surface area contributed by atoms with Gasteiger partial charge in [-0.15, -0.1) is 0 Å². The predicted molar refractivity (Wildman–Crippen MR) is 95.1 cm³/mol. The maximum absolute atomic E-state index is 12.6. The van der Waals surface area contributed by atoms with Crippen molar-refractivity contribution in [3.63, 3.8) is 0 Å². The molecule has 2 rings (SSSR count). The number of aromatic amines is 1. The van der Waals surface area contributed by atoms with E-state index in [1.807, 2.05) is 38.1 Å². The largest absolute Gasteiger partial charge is 0.494 e. The van der Waals surface area contributed by atoms with Crippen LogP contribution in [0.5, 0.6) is 5.75 Å². The van der Waals surface area contributed by atoms with Crippen molar-refractivity contribution >= 4 is 11.9 Å². The lowest BCUT2D eigenvalue weighted by atomic mass is 10.1. The summed E-state index contributed by atoms with van der Waals surface area (Å²) >= 11 is 0. The number of benzene rings is 1. The van der Waals surface area contributed by atoms with Crippen LogP contribution < -0.4 is 10.1 Å². The van der Waals surface area contributed by atoms with Gasteiger partial charge in [0.1, 0.15) is 11.4 Å². The van der Waals surface area contributed by atoms with Gasteiger partial charge in [0.15, 0.2) is 0 Å². The number of hydrogen-bond donors (Lipinski definition) is 2. The summed E-state index contributed by atoms with van der Waals surface area (Å²) in [4.78, 5) is 27.4. The highest BCUT2D eigenvalue weighted by atomic mass is 16.5. The number of rotatable bonds is 6. The number of methoxy groups -OCH3 is 1. The predicted octanol–water partition coefficient (Wildman–Crippen LogP) is 3.31. The quantitative estimate of drug-likeness (QED) is 0.788. The monoisotopic (exact) mass is 344 g/mol. The summed E-state index contributed by atoms with van der Waals surface area (Å²) in [6.45, 7) is 7.91. The van der Waals surface area contributed by atoms with Gasteiger partial charge in [-0.05, 0) is 51.0 Å². The Morgan fingerprint density at radius 2 is 1.84 bits per heavy atom. The molecule has 0 aliphatic rings. The maximum atomic E-state index is 12.6. The van der Waals surface area contributed by atoms with Gasteiger partial charge in [0, 0.05) is 5.69 Å². The van der Waals surface area contributed by atoms with Gasteiger partial charge in [0.05, 0.1) is 25.3 Å². The Balaban J connectivity index is 2.15. The Morgan fingerprint density at radius 1 is 1.20 bits per heavy atom. The first-order valence-corrected chi connectivity index (χ1v) is 8.20. The standard InChI is InChI=1S/C19H24N2O4/c1-6-25-15-9-7-14(8-10-15)12(3)21-18(22)17-11(2)16(13(4)20-17)19(23)24-5/h7-10,12,20H,6H2,1-5H3,(H,21,22). The van der Waals surface area contributed by atoms with Crippen molar-refractivity contribution in [2.75, 3.05) is 13.7 Å². The molecule has 0 saturated carbocycles. The molecule has 6 nitrogen and oxygen atoms in total. The minimum Gasteiger partial charge on any atom is -0.494 e. The summed E-state index contributed by atoms with van der Waals surface area (Å²) in [6, 6.07) is 7.40. The van der Waals surface area contributed by atoms with E-state index in [4.69, 9.17) is 9.47 Å². The van der Waals surface area contributed by atoms with Crippen LogP contribution >= 0.6 is 0 Å². The second kappa shape index (κ2) is 7.88. The number of carbonyl (C=O) groups is 2. The number of esters is 1. The number of H-pyrrole nitrogens is 1. The molecule has 6 heteroatoms. The number of hydrogen-bond acceptors (Lipinski definition) is 4. The number of ether oxygens (including phenoxy) is 2. The van der Waals surface area contributed by atoms with Crippen molar-refractivity contribution in [2.45, 2.75) is 33.7 Å². The van der Waals surface area contributed by atoms with Gasteiger partial charge in [-0.25, -0.2) is 4.79 Å². The van der Waals surface area contributed by atoms with Crippen LogP contribution in [0.3, 0.4) is 0 Å². The van der Waals surface area contributed by atoms with Crippen molar-refractivity contribution in [3.8, 4) is 5.75 Å². The second-order valence-corrected chi connectivity index (χ2v) is 5.81. The molecule has 0 aliphatic carbocycles. The molecular weight excluding hydrogens is 320 g/mol. The van der Waals surface area contributed by atoms with Crippen molar-refractivity contribution in [1.29, 1.82) is 0 Å². The third kappa shape index (κ3) is 4.02. The summed E-state index contributed by atoms with van der Waals surface area (Å²) in [5, 5.41) is 2.94. The summed E-state index contributed by atoms with van der Waals surface area (Å²) in [5.41, 5.74) is 2.94. The summed E-state index contributed by atoms with van der Waals surface area (Å²) in [7, 11) is 1.32. The first-order chi connectivity index (χ1) is 11.9. The Hall–Kier alpha value is -2.76. The van der Waals surface area contributed by atoms with Crippen LogP contribution in [0.25, 0.3) is 0 Å². The van der Waals surface area contributed by atoms with Gasteiger partial charge in [-0.3, -0.25) is 4.79 Å². The van der Waals surface area contributed by atoms with Gasteiger partial charge in [0.25, 0.3) is 5.91 Å². The van der Waals surface area contributed by atoms with Crippen LogP contribution in [0.2, 0.25) is 0 Å². The van der Waals surface area contributed by atoms with E-state index in [0.29, 0.717) is 29.1 Å². The molecule has 1 heterocycles. The second-order valence-electron chi connectivity index (χ2n) is 5.81. The van der Waals surface area contributed by atoms with Crippen LogP contribution in [0.1, 0.15) is 57.6 Å². The van der Waals surface area contributed by atoms with Crippen LogP contribution in [-0.2, 0) is 4.74 Å². The smallest absolute Gasteiger partial charge is 0.339 e. The van der Waals surface area contributed by atoms with Crippen LogP contribution in [0.4, 0.5) is 0 Å². The number of aromatic nitrogens is 1. The van der Waals surface area contributed by atoms with Gasteiger partial charge in [-0.1, -0.05) is 12.1 Å². The zero-order valence-electron chi connectivity index (χ0n) is 15.2. The molecule has 2 aromatic rings. The van der Waals surface area contributed by atoms with Crippen LogP contribution in [0.15, 0.2) is 24.3 Å². The fraction of sp³-hybridized carbons (Fsp3) is 0.368.